The lowest BCUT2D eigenvalue weighted by Gasteiger charge is -2.09. The molecule has 1 N–H and O–H groups in total. The minimum Gasteiger partial charge on any atom is -0.306 e. The van der Waals surface area contributed by atoms with Crippen molar-refractivity contribution in [2.24, 2.45) is 0 Å². The molecule has 3 rings (SSSR count). The third-order valence-corrected chi connectivity index (χ3v) is 3.59. The van der Waals surface area contributed by atoms with Crippen LogP contribution in [0.5, 0.6) is 0 Å². The minimum absolute atomic E-state index is 0.334. The molecule has 23 heavy (non-hydrogen) atoms. The highest BCUT2D eigenvalue weighted by molar-refractivity contribution is 6.34. The van der Waals surface area contributed by atoms with Crippen LogP contribution in [-0.4, -0.2) is 15.7 Å². The lowest BCUT2D eigenvalue weighted by atomic mass is 10.2. The summed E-state index contributed by atoms with van der Waals surface area (Å²) < 4.78 is 14.6. The Hall–Kier alpha value is -2.66. The van der Waals surface area contributed by atoms with Gasteiger partial charge >= 0.3 is 0 Å². The molecule has 0 aliphatic carbocycles. The molecule has 0 bridgehead atoms. The lowest BCUT2D eigenvalue weighted by Crippen LogP contribution is -2.15. The van der Waals surface area contributed by atoms with Crippen LogP contribution in [0.3, 0.4) is 0 Å². The summed E-state index contributed by atoms with van der Waals surface area (Å²) in [5, 5.41) is 7.48. The van der Waals surface area contributed by atoms with Crippen LogP contribution in [0, 0.1) is 12.7 Å². The van der Waals surface area contributed by atoms with Gasteiger partial charge in [0.15, 0.2) is 0 Å². The first-order valence-electron chi connectivity index (χ1n) is 6.93. The van der Waals surface area contributed by atoms with Gasteiger partial charge in [0.05, 0.1) is 22.0 Å². The summed E-state index contributed by atoms with van der Waals surface area (Å²) in [6, 6.07) is 14.4. The first-order chi connectivity index (χ1) is 11.0. The van der Waals surface area contributed by atoms with Crippen molar-refractivity contribution >= 4 is 23.3 Å². The number of hydrogen-bond acceptors (Lipinski definition) is 2. The fourth-order valence-electron chi connectivity index (χ4n) is 2.20. The van der Waals surface area contributed by atoms with Crippen LogP contribution in [0.25, 0.3) is 5.69 Å². The van der Waals surface area contributed by atoms with Gasteiger partial charge in [-0.25, -0.2) is 9.07 Å². The quantitative estimate of drug-likeness (QED) is 0.781. The van der Waals surface area contributed by atoms with E-state index in [1.165, 1.54) is 12.1 Å². The number of nitrogens with zero attached hydrogens (tertiary/aromatic N) is 2. The average Bonchev–Trinajstić information content (AvgIpc) is 2.89. The van der Waals surface area contributed by atoms with Gasteiger partial charge in [-0.3, -0.25) is 4.79 Å². The van der Waals surface area contributed by atoms with Crippen LogP contribution in [-0.2, 0) is 0 Å². The molecule has 4 nitrogen and oxygen atoms in total. The molecule has 3 aromatic rings. The van der Waals surface area contributed by atoms with E-state index < -0.39 is 0 Å². The summed E-state index contributed by atoms with van der Waals surface area (Å²) >= 11 is 6.04. The summed E-state index contributed by atoms with van der Waals surface area (Å²) in [6.45, 7) is 1.81. The van der Waals surface area contributed by atoms with Crippen LogP contribution in [0.4, 0.5) is 10.2 Å². The molecule has 116 valence electrons. The molecular weight excluding hydrogens is 317 g/mol. The van der Waals surface area contributed by atoms with Gasteiger partial charge in [-0.05, 0) is 43.3 Å². The van der Waals surface area contributed by atoms with Crippen molar-refractivity contribution in [2.75, 3.05) is 5.32 Å². The zero-order valence-corrected chi connectivity index (χ0v) is 13.0. The summed E-state index contributed by atoms with van der Waals surface area (Å²) in [6.07, 6.45) is 0. The topological polar surface area (TPSA) is 46.9 Å². The fourth-order valence-corrected chi connectivity index (χ4v) is 2.42. The van der Waals surface area contributed by atoms with Crippen molar-refractivity contribution in [1.82, 2.24) is 9.78 Å². The summed E-state index contributed by atoms with van der Waals surface area (Å²) in [5.74, 6) is -0.183. The van der Waals surface area contributed by atoms with Gasteiger partial charge in [-0.15, -0.1) is 0 Å². The molecule has 0 unspecified atom stereocenters. The number of carbonyl (C=O) groups is 1. The first kappa shape index (κ1) is 15.2. The molecule has 1 aromatic heterocycles. The van der Waals surface area contributed by atoms with Crippen LogP contribution < -0.4 is 5.32 Å². The zero-order valence-electron chi connectivity index (χ0n) is 12.3. The van der Waals surface area contributed by atoms with E-state index in [-0.39, 0.29) is 11.7 Å². The Kier molecular flexibility index (Phi) is 4.12. The van der Waals surface area contributed by atoms with Gasteiger partial charge in [-0.1, -0.05) is 23.7 Å². The maximum absolute atomic E-state index is 13.1. The largest absolute Gasteiger partial charge is 0.306 e. The number of rotatable bonds is 3. The second-order valence-electron chi connectivity index (χ2n) is 4.99. The molecule has 0 fully saturated rings. The second kappa shape index (κ2) is 6.22. The smallest absolute Gasteiger partial charge is 0.258 e. The van der Waals surface area contributed by atoms with Crippen LogP contribution in [0.15, 0.2) is 54.6 Å². The van der Waals surface area contributed by atoms with Gasteiger partial charge in [-0.2, -0.15) is 5.10 Å². The Morgan fingerprint density at radius 2 is 1.87 bits per heavy atom. The Morgan fingerprint density at radius 1 is 1.17 bits per heavy atom. The van der Waals surface area contributed by atoms with E-state index >= 15 is 0 Å². The molecule has 0 atom stereocenters. The summed E-state index contributed by atoms with van der Waals surface area (Å²) in [4.78, 5) is 12.4. The van der Waals surface area contributed by atoms with Gasteiger partial charge in [0.25, 0.3) is 5.91 Å². The number of aryl methyl sites for hydroxylation is 1. The number of anilines is 1. The second-order valence-corrected chi connectivity index (χ2v) is 5.40. The zero-order chi connectivity index (χ0) is 16.4. The molecule has 0 aliphatic heterocycles. The number of halogens is 2. The highest BCUT2D eigenvalue weighted by Crippen LogP contribution is 2.20. The molecular formula is C17H13ClFN3O. The Balaban J connectivity index is 1.93. The fraction of sp³-hybridized carbons (Fsp3) is 0.0588. The van der Waals surface area contributed by atoms with Crippen molar-refractivity contribution in [3.05, 3.63) is 76.7 Å². The molecule has 0 saturated heterocycles. The molecule has 1 heterocycles. The number of nitrogens with one attached hydrogen (secondary N) is 1. The maximum atomic E-state index is 13.1. The van der Waals surface area contributed by atoms with Crippen molar-refractivity contribution in [2.45, 2.75) is 6.92 Å². The van der Waals surface area contributed by atoms with Gasteiger partial charge in [0.1, 0.15) is 11.6 Å². The van der Waals surface area contributed by atoms with E-state index in [0.717, 1.165) is 5.69 Å². The molecule has 0 saturated carbocycles. The van der Waals surface area contributed by atoms with Crippen molar-refractivity contribution in [1.29, 1.82) is 0 Å². The van der Waals surface area contributed by atoms with Crippen molar-refractivity contribution < 1.29 is 9.18 Å². The van der Waals surface area contributed by atoms with Crippen LogP contribution in [0.1, 0.15) is 16.1 Å². The van der Waals surface area contributed by atoms with Gasteiger partial charge in [0.2, 0.25) is 0 Å². The van der Waals surface area contributed by atoms with Gasteiger partial charge in [0, 0.05) is 6.07 Å². The average molecular weight is 330 g/mol. The number of benzene rings is 2. The third kappa shape index (κ3) is 3.24. The predicted octanol–water partition coefficient (Wildman–Crippen LogP) is 4.23. The first-order valence-corrected chi connectivity index (χ1v) is 7.31. The number of aromatic nitrogens is 2. The molecule has 0 spiro atoms. The van der Waals surface area contributed by atoms with Crippen LogP contribution in [0.2, 0.25) is 5.02 Å². The summed E-state index contributed by atoms with van der Waals surface area (Å²) in [5.41, 5.74) is 1.75. The SMILES string of the molecule is Cc1cc(NC(=O)c2ccccc2Cl)n(-c2ccc(F)cc2)n1. The van der Waals surface area contributed by atoms with Crippen LogP contribution >= 0.6 is 11.6 Å². The Labute approximate surface area is 137 Å². The normalized spacial score (nSPS) is 10.6. The maximum Gasteiger partial charge on any atom is 0.258 e. The Morgan fingerprint density at radius 3 is 2.57 bits per heavy atom. The lowest BCUT2D eigenvalue weighted by molar-refractivity contribution is 0.102. The number of hydrogen-bond donors (Lipinski definition) is 1. The molecule has 6 heteroatoms. The van der Waals surface area contributed by atoms with Crippen molar-refractivity contribution in [3.8, 4) is 5.69 Å². The molecule has 1 amide bonds. The van der Waals surface area contributed by atoms with E-state index in [0.29, 0.717) is 22.1 Å². The standard InChI is InChI=1S/C17H13ClFN3O/c1-11-10-16(20-17(23)14-4-2-3-5-15(14)18)22(21-11)13-8-6-12(19)7-9-13/h2-10H,1H3,(H,20,23). The molecule has 0 radical (unpaired) electrons. The predicted molar refractivity (Wildman–Crippen MR) is 87.7 cm³/mol. The van der Waals surface area contributed by atoms with E-state index in [9.17, 15) is 9.18 Å². The number of carbonyl (C=O) groups excluding carboxylic acids is 1. The molecule has 0 aliphatic rings. The molecule has 2 aromatic carbocycles. The van der Waals surface area contributed by atoms with E-state index in [1.54, 1.807) is 47.1 Å². The van der Waals surface area contributed by atoms with Crippen molar-refractivity contribution in [3.63, 3.8) is 0 Å². The highest BCUT2D eigenvalue weighted by Gasteiger charge is 2.14. The van der Waals surface area contributed by atoms with E-state index in [2.05, 4.69) is 10.4 Å². The highest BCUT2D eigenvalue weighted by atomic mass is 35.5. The third-order valence-electron chi connectivity index (χ3n) is 3.26. The van der Waals surface area contributed by atoms with Gasteiger partial charge < -0.3 is 5.32 Å². The minimum atomic E-state index is -0.334. The number of amides is 1. The summed E-state index contributed by atoms with van der Waals surface area (Å²) in [7, 11) is 0. The van der Waals surface area contributed by atoms with E-state index in [4.69, 9.17) is 11.6 Å². The van der Waals surface area contributed by atoms with E-state index in [1.807, 2.05) is 6.92 Å². The monoisotopic (exact) mass is 329 g/mol. The Bertz CT molecular complexity index is 859.